The highest BCUT2D eigenvalue weighted by Crippen LogP contribution is 2.41. The van der Waals surface area contributed by atoms with E-state index in [4.69, 9.17) is 0 Å². The van der Waals surface area contributed by atoms with Crippen LogP contribution in [0.15, 0.2) is 21.7 Å². The normalized spacial score (nSPS) is 20.9. The molecular formula is C13H14BrF3N4O2S. The number of aliphatic imine (C=N–C) groups is 1. The van der Waals surface area contributed by atoms with Crippen molar-refractivity contribution in [2.45, 2.75) is 31.8 Å². The van der Waals surface area contributed by atoms with Gasteiger partial charge >= 0.3 is 12.2 Å². The van der Waals surface area contributed by atoms with Crippen molar-refractivity contribution in [1.82, 2.24) is 10.3 Å². The van der Waals surface area contributed by atoms with E-state index in [-0.39, 0.29) is 16.9 Å². The Balaban J connectivity index is 2.27. The summed E-state index contributed by atoms with van der Waals surface area (Å²) in [6, 6.07) is 0.813. The predicted octanol–water partition coefficient (Wildman–Crippen LogP) is 3.12. The summed E-state index contributed by atoms with van der Waals surface area (Å²) in [5.41, 5.74) is -2.81. The molecule has 24 heavy (non-hydrogen) atoms. The van der Waals surface area contributed by atoms with E-state index in [2.05, 4.69) is 36.5 Å². The molecule has 6 nitrogen and oxygen atoms in total. The number of carbonyl (C=O) groups is 1. The van der Waals surface area contributed by atoms with Gasteiger partial charge in [-0.15, -0.1) is 11.8 Å². The van der Waals surface area contributed by atoms with Crippen molar-refractivity contribution in [1.29, 1.82) is 0 Å². The van der Waals surface area contributed by atoms with E-state index >= 15 is 0 Å². The summed E-state index contributed by atoms with van der Waals surface area (Å²) in [5, 5.41) is 14.7. The van der Waals surface area contributed by atoms with Gasteiger partial charge in [-0.2, -0.15) is 13.2 Å². The van der Waals surface area contributed by atoms with E-state index in [1.165, 1.54) is 12.3 Å². The van der Waals surface area contributed by atoms with Gasteiger partial charge in [0, 0.05) is 22.3 Å². The molecule has 2 amide bonds. The third kappa shape index (κ3) is 4.19. The monoisotopic (exact) mass is 426 g/mol. The lowest BCUT2D eigenvalue weighted by Gasteiger charge is -2.21. The van der Waals surface area contributed by atoms with Crippen LogP contribution in [0.5, 0.6) is 0 Å². The van der Waals surface area contributed by atoms with Gasteiger partial charge in [-0.25, -0.2) is 14.8 Å². The Morgan fingerprint density at radius 1 is 1.50 bits per heavy atom. The van der Waals surface area contributed by atoms with Crippen LogP contribution in [0.4, 0.5) is 23.8 Å². The van der Waals surface area contributed by atoms with Crippen molar-refractivity contribution >= 4 is 44.6 Å². The van der Waals surface area contributed by atoms with Gasteiger partial charge in [0.1, 0.15) is 10.9 Å². The third-order valence-electron chi connectivity index (χ3n) is 2.90. The Morgan fingerprint density at radius 3 is 2.71 bits per heavy atom. The number of rotatable bonds is 3. The van der Waals surface area contributed by atoms with E-state index in [1.54, 1.807) is 13.8 Å². The number of hydrogen-bond acceptors (Lipinski definition) is 5. The first kappa shape index (κ1) is 19.0. The molecule has 1 unspecified atom stereocenters. The maximum atomic E-state index is 12.8. The van der Waals surface area contributed by atoms with Crippen molar-refractivity contribution in [3.63, 3.8) is 0 Å². The first-order chi connectivity index (χ1) is 11.0. The second kappa shape index (κ2) is 6.89. The third-order valence-corrected chi connectivity index (χ3v) is 4.66. The van der Waals surface area contributed by atoms with Crippen molar-refractivity contribution < 1.29 is 23.1 Å². The van der Waals surface area contributed by atoms with Gasteiger partial charge in [0.25, 0.3) is 5.72 Å². The standard InChI is InChI=1S/C13H14BrF3N4O2S/c1-6(2)19-11(22)20-9-3-7(8(14)4-18-9)10-21-12(23,5-24-10)13(15,16)17/h3-4,6,23H,5H2,1-2H3,(H2,18,19,20,22). The molecule has 11 heteroatoms. The minimum absolute atomic E-state index is 0.0106. The predicted molar refractivity (Wildman–Crippen MR) is 89.2 cm³/mol. The molecule has 1 atom stereocenters. The van der Waals surface area contributed by atoms with Gasteiger partial charge in [-0.1, -0.05) is 0 Å². The summed E-state index contributed by atoms with van der Waals surface area (Å²) in [4.78, 5) is 19.1. The SMILES string of the molecule is CC(C)NC(=O)Nc1cc(C2=NC(O)(C(F)(F)F)CS2)c(Br)cn1. The number of alkyl halides is 3. The molecule has 1 aliphatic rings. The molecule has 0 fully saturated rings. The first-order valence-electron chi connectivity index (χ1n) is 6.77. The molecule has 0 bridgehead atoms. The van der Waals surface area contributed by atoms with Crippen LogP contribution in [0.3, 0.4) is 0 Å². The zero-order chi connectivity index (χ0) is 18.1. The fourth-order valence-electron chi connectivity index (χ4n) is 1.77. The van der Waals surface area contributed by atoms with E-state index < -0.39 is 23.7 Å². The Hall–Kier alpha value is -1.33. The number of hydrogen-bond donors (Lipinski definition) is 3. The maximum absolute atomic E-state index is 12.8. The van der Waals surface area contributed by atoms with Crippen molar-refractivity contribution in [3.8, 4) is 0 Å². The molecule has 132 valence electrons. The summed E-state index contributed by atoms with van der Waals surface area (Å²) in [7, 11) is 0. The van der Waals surface area contributed by atoms with Crippen LogP contribution in [-0.2, 0) is 0 Å². The number of aliphatic hydroxyl groups is 1. The zero-order valence-electron chi connectivity index (χ0n) is 12.6. The lowest BCUT2D eigenvalue weighted by atomic mass is 10.2. The maximum Gasteiger partial charge on any atom is 0.439 e. The molecule has 0 spiro atoms. The highest BCUT2D eigenvalue weighted by molar-refractivity contribution is 9.10. The van der Waals surface area contributed by atoms with E-state index in [0.717, 1.165) is 11.8 Å². The molecule has 3 N–H and O–H groups in total. The first-order valence-corrected chi connectivity index (χ1v) is 8.55. The Morgan fingerprint density at radius 2 is 2.17 bits per heavy atom. The molecule has 1 aliphatic heterocycles. The second-order valence-electron chi connectivity index (χ2n) is 5.32. The fraction of sp³-hybridized carbons (Fsp3) is 0.462. The number of pyridine rings is 1. The quantitative estimate of drug-likeness (QED) is 0.692. The minimum Gasteiger partial charge on any atom is -0.361 e. The van der Waals surface area contributed by atoms with Crippen molar-refractivity contribution in [2.75, 3.05) is 11.1 Å². The largest absolute Gasteiger partial charge is 0.439 e. The second-order valence-corrected chi connectivity index (χ2v) is 7.14. The van der Waals surface area contributed by atoms with Crippen molar-refractivity contribution in [2.24, 2.45) is 4.99 Å². The summed E-state index contributed by atoms with van der Waals surface area (Å²) in [6.45, 7) is 3.56. The average molecular weight is 427 g/mol. The number of aromatic nitrogens is 1. The molecule has 2 heterocycles. The van der Waals surface area contributed by atoms with E-state index in [0.29, 0.717) is 10.0 Å². The van der Waals surface area contributed by atoms with Crippen LogP contribution < -0.4 is 10.6 Å². The number of nitrogens with one attached hydrogen (secondary N) is 2. The van der Waals surface area contributed by atoms with E-state index in [9.17, 15) is 23.1 Å². The van der Waals surface area contributed by atoms with E-state index in [1.807, 2.05) is 0 Å². The summed E-state index contributed by atoms with van der Waals surface area (Å²) >= 11 is 3.96. The van der Waals surface area contributed by atoms with Gasteiger partial charge in [0.05, 0.1) is 5.75 Å². The number of carbonyl (C=O) groups excluding carboxylic acids is 1. The van der Waals surface area contributed by atoms with Crippen LogP contribution in [0, 0.1) is 0 Å². The number of nitrogens with zero attached hydrogens (tertiary/aromatic N) is 2. The number of urea groups is 1. The van der Waals surface area contributed by atoms with Crippen LogP contribution in [0.25, 0.3) is 0 Å². The van der Waals surface area contributed by atoms with Gasteiger partial charge in [-0.05, 0) is 35.8 Å². The summed E-state index contributed by atoms with van der Waals surface area (Å²) in [5.74, 6) is -0.478. The fourth-order valence-corrected chi connectivity index (χ4v) is 3.41. The zero-order valence-corrected chi connectivity index (χ0v) is 15.0. The Labute approximate surface area is 148 Å². The highest BCUT2D eigenvalue weighted by atomic mass is 79.9. The molecule has 0 saturated heterocycles. The van der Waals surface area contributed by atoms with Crippen LogP contribution in [0.2, 0.25) is 0 Å². The molecule has 0 aromatic carbocycles. The highest BCUT2D eigenvalue weighted by Gasteiger charge is 2.57. The topological polar surface area (TPSA) is 86.6 Å². The lowest BCUT2D eigenvalue weighted by Crippen LogP contribution is -2.43. The lowest BCUT2D eigenvalue weighted by molar-refractivity contribution is -0.245. The Bertz CT molecular complexity index is 684. The molecule has 2 rings (SSSR count). The number of halogens is 4. The van der Waals surface area contributed by atoms with Gasteiger partial charge in [0.15, 0.2) is 0 Å². The molecular weight excluding hydrogens is 413 g/mol. The molecule has 0 radical (unpaired) electrons. The summed E-state index contributed by atoms with van der Waals surface area (Å²) < 4.78 is 38.9. The average Bonchev–Trinajstić information content (AvgIpc) is 2.83. The number of anilines is 1. The van der Waals surface area contributed by atoms with Crippen LogP contribution in [-0.4, -0.2) is 44.9 Å². The number of amides is 2. The number of thioether (sulfide) groups is 1. The van der Waals surface area contributed by atoms with Crippen LogP contribution >= 0.6 is 27.7 Å². The van der Waals surface area contributed by atoms with Gasteiger partial charge in [0.2, 0.25) is 0 Å². The van der Waals surface area contributed by atoms with Gasteiger partial charge in [-0.3, -0.25) is 5.32 Å². The Kier molecular flexibility index (Phi) is 5.45. The molecule has 0 aliphatic carbocycles. The van der Waals surface area contributed by atoms with Crippen molar-refractivity contribution in [3.05, 3.63) is 22.3 Å². The minimum atomic E-state index is -4.86. The molecule has 0 saturated carbocycles. The molecule has 1 aromatic rings. The van der Waals surface area contributed by atoms with Gasteiger partial charge < -0.3 is 10.4 Å². The summed E-state index contributed by atoms with van der Waals surface area (Å²) in [6.07, 6.45) is -3.52. The smallest absolute Gasteiger partial charge is 0.361 e. The molecule has 1 aromatic heterocycles. The van der Waals surface area contributed by atoms with Crippen LogP contribution in [0.1, 0.15) is 19.4 Å².